The highest BCUT2D eigenvalue weighted by Crippen LogP contribution is 2.55. The molecule has 0 saturated carbocycles. The molecule has 2 heterocycles. The van der Waals surface area contributed by atoms with E-state index in [4.69, 9.17) is 9.72 Å². The number of nitrogens with one attached hydrogen (secondary N) is 1. The molecule has 1 unspecified atom stereocenters. The molecule has 156 valence electrons. The normalized spacial score (nSPS) is 14.9. The van der Waals surface area contributed by atoms with Crippen molar-refractivity contribution in [3.63, 3.8) is 0 Å². The number of carbonyl (C=O) groups is 1. The van der Waals surface area contributed by atoms with Gasteiger partial charge in [0.2, 0.25) is 0 Å². The molecule has 0 bridgehead atoms. The second-order valence-corrected chi connectivity index (χ2v) is 8.52. The molecule has 2 aromatic carbocycles. The van der Waals surface area contributed by atoms with Crippen molar-refractivity contribution in [2.45, 2.75) is 24.0 Å². The zero-order valence-corrected chi connectivity index (χ0v) is 18.1. The maximum Gasteiger partial charge on any atom is 0.331 e. The first kappa shape index (κ1) is 20.8. The van der Waals surface area contributed by atoms with E-state index in [2.05, 4.69) is 18.8 Å². The van der Waals surface area contributed by atoms with Gasteiger partial charge in [-0.1, -0.05) is 36.9 Å². The fraction of sp³-hybridized carbons (Fsp3) is 0.120. The summed E-state index contributed by atoms with van der Waals surface area (Å²) in [5.41, 5.74) is 3.62. The molecular weight excluding hydrogens is 408 g/mol. The van der Waals surface area contributed by atoms with Crippen molar-refractivity contribution in [2.75, 3.05) is 5.32 Å². The molecule has 5 nitrogen and oxygen atoms in total. The molecule has 31 heavy (non-hydrogen) atoms. The second-order valence-electron chi connectivity index (χ2n) is 7.17. The van der Waals surface area contributed by atoms with Gasteiger partial charge in [-0.15, -0.1) is 11.8 Å². The van der Waals surface area contributed by atoms with E-state index < -0.39 is 5.97 Å². The Labute approximate surface area is 185 Å². The molecule has 1 aliphatic rings. The monoisotopic (exact) mass is 430 g/mol. The van der Waals surface area contributed by atoms with E-state index >= 15 is 0 Å². The summed E-state index contributed by atoms with van der Waals surface area (Å²) in [6, 6.07) is 17.3. The summed E-state index contributed by atoms with van der Waals surface area (Å²) in [6.07, 6.45) is 3.33. The summed E-state index contributed by atoms with van der Waals surface area (Å²) >= 11 is 1.73. The smallest absolute Gasteiger partial charge is 0.331 e. The van der Waals surface area contributed by atoms with Crippen molar-refractivity contribution in [2.24, 2.45) is 0 Å². The number of thioether (sulfide) groups is 1. The Kier molecular flexibility index (Phi) is 5.82. The first-order valence-electron chi connectivity index (χ1n) is 9.85. The number of fused-ring (bicyclic) bond motifs is 1. The Morgan fingerprint density at radius 1 is 1.19 bits per heavy atom. The first-order chi connectivity index (χ1) is 15.0. The maximum absolute atomic E-state index is 11.3. The Morgan fingerprint density at radius 2 is 1.94 bits per heavy atom. The lowest BCUT2D eigenvalue weighted by molar-refractivity contribution is -0.132. The summed E-state index contributed by atoms with van der Waals surface area (Å²) < 4.78 is 5.93. The fourth-order valence-corrected chi connectivity index (χ4v) is 4.59. The third-order valence-electron chi connectivity index (χ3n) is 4.92. The minimum atomic E-state index is -0.971. The molecule has 0 saturated heterocycles. The van der Waals surface area contributed by atoms with Crippen LogP contribution in [-0.4, -0.2) is 16.1 Å². The number of hydrogen-bond acceptors (Lipinski definition) is 5. The minimum Gasteiger partial charge on any atom is -0.478 e. The van der Waals surface area contributed by atoms with E-state index in [1.165, 1.54) is 0 Å². The van der Waals surface area contributed by atoms with Crippen molar-refractivity contribution in [3.8, 4) is 11.5 Å². The van der Waals surface area contributed by atoms with Crippen molar-refractivity contribution in [3.05, 3.63) is 83.6 Å². The molecular formula is C25H22N2O3S. The van der Waals surface area contributed by atoms with Crippen molar-refractivity contribution in [1.82, 2.24) is 4.98 Å². The van der Waals surface area contributed by atoms with Crippen LogP contribution in [0.25, 0.3) is 12.2 Å². The van der Waals surface area contributed by atoms with Gasteiger partial charge in [0.25, 0.3) is 0 Å². The highest BCUT2D eigenvalue weighted by Gasteiger charge is 2.31. The number of carboxylic acids is 1. The van der Waals surface area contributed by atoms with Gasteiger partial charge in [-0.25, -0.2) is 9.78 Å². The van der Waals surface area contributed by atoms with Gasteiger partial charge in [-0.2, -0.15) is 0 Å². The molecule has 1 aliphatic heterocycles. The maximum atomic E-state index is 11.3. The highest BCUT2D eigenvalue weighted by atomic mass is 32.2. The molecule has 0 amide bonds. The predicted molar refractivity (Wildman–Crippen MR) is 126 cm³/mol. The van der Waals surface area contributed by atoms with Crippen LogP contribution >= 0.6 is 11.8 Å². The van der Waals surface area contributed by atoms with Gasteiger partial charge in [-0.3, -0.25) is 0 Å². The van der Waals surface area contributed by atoms with E-state index in [0.29, 0.717) is 17.3 Å². The van der Waals surface area contributed by atoms with Crippen LogP contribution in [0.15, 0.2) is 71.6 Å². The van der Waals surface area contributed by atoms with Crippen LogP contribution in [0.5, 0.6) is 11.5 Å². The summed E-state index contributed by atoms with van der Waals surface area (Å²) in [4.78, 5) is 17.2. The third-order valence-corrected chi connectivity index (χ3v) is 6.19. The molecule has 0 radical (unpaired) electrons. The number of para-hydroxylation sites is 1. The van der Waals surface area contributed by atoms with Crippen molar-refractivity contribution < 1.29 is 14.6 Å². The second kappa shape index (κ2) is 8.70. The number of carboxylic acid groups (broad SMARTS) is 1. The minimum absolute atomic E-state index is 0.220. The number of ether oxygens (including phenoxy) is 1. The molecule has 0 aliphatic carbocycles. The van der Waals surface area contributed by atoms with Crippen molar-refractivity contribution >= 4 is 41.4 Å². The van der Waals surface area contributed by atoms with Gasteiger partial charge in [-0.05, 0) is 44.2 Å². The van der Waals surface area contributed by atoms with E-state index in [1.807, 2.05) is 54.6 Å². The van der Waals surface area contributed by atoms with Crippen LogP contribution in [0.2, 0.25) is 0 Å². The van der Waals surface area contributed by atoms with Gasteiger partial charge < -0.3 is 15.2 Å². The zero-order valence-electron chi connectivity index (χ0n) is 17.3. The predicted octanol–water partition coefficient (Wildman–Crippen LogP) is 6.92. The Balaban J connectivity index is 1.70. The Morgan fingerprint density at radius 3 is 2.61 bits per heavy atom. The fourth-order valence-electron chi connectivity index (χ4n) is 3.36. The van der Waals surface area contributed by atoms with Gasteiger partial charge in [0.15, 0.2) is 0 Å². The van der Waals surface area contributed by atoms with E-state index in [1.54, 1.807) is 30.8 Å². The van der Waals surface area contributed by atoms with Crippen LogP contribution in [0.1, 0.15) is 35.9 Å². The topological polar surface area (TPSA) is 71.5 Å². The number of pyridine rings is 1. The number of benzene rings is 2. The average molecular weight is 431 g/mol. The van der Waals surface area contributed by atoms with Gasteiger partial charge in [0.1, 0.15) is 17.3 Å². The molecule has 0 spiro atoms. The van der Waals surface area contributed by atoms with E-state index in [9.17, 15) is 9.90 Å². The number of aliphatic carboxylic acids is 1. The molecule has 1 atom stereocenters. The van der Waals surface area contributed by atoms with Crippen LogP contribution in [-0.2, 0) is 4.79 Å². The first-order valence-corrected chi connectivity index (χ1v) is 10.7. The lowest BCUT2D eigenvalue weighted by atomic mass is 10.0. The van der Waals surface area contributed by atoms with Crippen molar-refractivity contribution in [1.29, 1.82) is 0 Å². The van der Waals surface area contributed by atoms with E-state index in [0.717, 1.165) is 27.5 Å². The number of rotatable bonds is 7. The third kappa shape index (κ3) is 4.34. The van der Waals surface area contributed by atoms with Gasteiger partial charge in [0.05, 0.1) is 5.69 Å². The number of anilines is 2. The van der Waals surface area contributed by atoms with E-state index in [-0.39, 0.29) is 10.8 Å². The Hall–Kier alpha value is -3.51. The molecule has 1 aromatic heterocycles. The summed E-state index contributed by atoms with van der Waals surface area (Å²) in [5.74, 6) is 1.22. The zero-order chi connectivity index (χ0) is 22.0. The average Bonchev–Trinajstić information content (AvgIpc) is 2.74. The quantitative estimate of drug-likeness (QED) is 0.397. The van der Waals surface area contributed by atoms with Crippen LogP contribution < -0.4 is 10.1 Å². The van der Waals surface area contributed by atoms with Crippen LogP contribution in [0, 0.1) is 0 Å². The van der Waals surface area contributed by atoms with Gasteiger partial charge in [0, 0.05) is 38.6 Å². The van der Waals surface area contributed by atoms with Crippen LogP contribution in [0.3, 0.4) is 0 Å². The molecule has 6 heteroatoms. The number of aromatic nitrogens is 1. The molecule has 0 fully saturated rings. The number of hydrogen-bond donors (Lipinski definition) is 2. The summed E-state index contributed by atoms with van der Waals surface area (Å²) in [5, 5.41) is 13.0. The number of nitrogens with zero attached hydrogens (tertiary/aromatic N) is 1. The van der Waals surface area contributed by atoms with Crippen LogP contribution in [0.4, 0.5) is 11.5 Å². The Bertz CT molecular complexity index is 1190. The molecule has 4 rings (SSSR count). The molecule has 3 aromatic rings. The largest absolute Gasteiger partial charge is 0.478 e. The SMILES string of the molecule is C=Cc1c(/C=C(\C)C(=O)O)nc(Nc2cccc(Oc3ccccc3)c2)c2c1SC2C. The summed E-state index contributed by atoms with van der Waals surface area (Å²) in [6.45, 7) is 7.59. The highest BCUT2D eigenvalue weighted by molar-refractivity contribution is 8.01. The molecule has 2 N–H and O–H groups in total. The summed E-state index contributed by atoms with van der Waals surface area (Å²) in [7, 11) is 0. The lowest BCUT2D eigenvalue weighted by Gasteiger charge is -2.31. The lowest BCUT2D eigenvalue weighted by Crippen LogP contribution is -2.13. The standard InChI is InChI=1S/C25H22N2O3S/c1-4-20-21(13-15(2)25(28)29)27-24(22-16(3)31-23(20)22)26-17-9-8-12-19(14-17)30-18-10-6-5-7-11-18/h4-14,16H,1H2,2-3H3,(H,26,27)(H,28,29)/b15-13+. The van der Waals surface area contributed by atoms with Gasteiger partial charge >= 0.3 is 5.97 Å².